The van der Waals surface area contributed by atoms with Gasteiger partial charge in [-0.1, -0.05) is 22.0 Å². The number of unbranched alkanes of at least 4 members (excludes halogenated alkanes) is 1. The standard InChI is InChI=1S/C6H8N4OS/c7-3-1-2-4-12-6-10-9-5(8)11-6/h1-2,4H2,(H2,8,9). The van der Waals surface area contributed by atoms with Crippen LogP contribution in [0.25, 0.3) is 0 Å². The van der Waals surface area contributed by atoms with Crippen LogP contribution < -0.4 is 5.73 Å². The second-order valence-corrected chi connectivity index (χ2v) is 3.06. The van der Waals surface area contributed by atoms with Gasteiger partial charge in [0.2, 0.25) is 0 Å². The van der Waals surface area contributed by atoms with Crippen molar-refractivity contribution in [2.24, 2.45) is 0 Å². The minimum atomic E-state index is 0.0813. The maximum atomic E-state index is 8.24. The van der Waals surface area contributed by atoms with Crippen LogP contribution in [0.2, 0.25) is 0 Å². The van der Waals surface area contributed by atoms with E-state index >= 15 is 0 Å². The Labute approximate surface area is 73.9 Å². The largest absolute Gasteiger partial charge is 0.398 e. The summed E-state index contributed by atoms with van der Waals surface area (Å²) in [5.41, 5.74) is 5.20. The molecule has 64 valence electrons. The zero-order valence-electron chi connectivity index (χ0n) is 6.36. The molecule has 0 saturated carbocycles. The first-order valence-electron chi connectivity index (χ1n) is 3.41. The minimum Gasteiger partial charge on any atom is -0.398 e. The van der Waals surface area contributed by atoms with E-state index in [0.29, 0.717) is 11.6 Å². The highest BCUT2D eigenvalue weighted by atomic mass is 32.2. The molecular formula is C6H8N4OS. The highest BCUT2D eigenvalue weighted by Gasteiger charge is 2.01. The van der Waals surface area contributed by atoms with Gasteiger partial charge in [0.25, 0.3) is 5.22 Å². The molecule has 0 radical (unpaired) electrons. The SMILES string of the molecule is N#CCCCSc1nnc(N)o1. The number of aromatic nitrogens is 2. The van der Waals surface area contributed by atoms with Crippen molar-refractivity contribution in [1.29, 1.82) is 5.26 Å². The van der Waals surface area contributed by atoms with Crippen LogP contribution >= 0.6 is 11.8 Å². The van der Waals surface area contributed by atoms with E-state index < -0.39 is 0 Å². The molecule has 0 spiro atoms. The zero-order valence-corrected chi connectivity index (χ0v) is 7.17. The first-order chi connectivity index (χ1) is 5.83. The topological polar surface area (TPSA) is 88.7 Å². The maximum Gasteiger partial charge on any atom is 0.313 e. The molecule has 12 heavy (non-hydrogen) atoms. The number of anilines is 1. The molecule has 1 aromatic rings. The van der Waals surface area contributed by atoms with Gasteiger partial charge in [-0.2, -0.15) is 5.26 Å². The van der Waals surface area contributed by atoms with E-state index in [2.05, 4.69) is 16.3 Å². The average Bonchev–Trinajstić information content (AvgIpc) is 2.45. The second kappa shape index (κ2) is 4.62. The molecule has 5 nitrogen and oxygen atoms in total. The first-order valence-corrected chi connectivity index (χ1v) is 4.40. The molecule has 6 heteroatoms. The Bertz CT molecular complexity index is 279. The van der Waals surface area contributed by atoms with E-state index in [1.165, 1.54) is 11.8 Å². The highest BCUT2D eigenvalue weighted by Crippen LogP contribution is 2.17. The Kier molecular flexibility index (Phi) is 3.41. The fraction of sp³-hybridized carbons (Fsp3) is 0.500. The van der Waals surface area contributed by atoms with Gasteiger partial charge in [-0.15, -0.1) is 0 Å². The molecule has 0 bridgehead atoms. The van der Waals surface area contributed by atoms with Crippen LogP contribution in [-0.4, -0.2) is 16.0 Å². The summed E-state index contributed by atoms with van der Waals surface area (Å²) in [4.78, 5) is 0. The van der Waals surface area contributed by atoms with E-state index in [4.69, 9.17) is 15.4 Å². The van der Waals surface area contributed by atoms with Crippen molar-refractivity contribution in [2.75, 3.05) is 11.5 Å². The summed E-state index contributed by atoms with van der Waals surface area (Å²) < 4.78 is 4.90. The monoisotopic (exact) mass is 184 g/mol. The van der Waals surface area contributed by atoms with E-state index in [9.17, 15) is 0 Å². The van der Waals surface area contributed by atoms with Crippen LogP contribution in [0.1, 0.15) is 12.8 Å². The molecule has 0 fully saturated rings. The molecule has 0 aliphatic rings. The number of thioether (sulfide) groups is 1. The Morgan fingerprint density at radius 2 is 2.42 bits per heavy atom. The molecule has 0 aliphatic heterocycles. The first kappa shape index (κ1) is 8.87. The number of nitriles is 1. The average molecular weight is 184 g/mol. The van der Waals surface area contributed by atoms with Crippen molar-refractivity contribution < 1.29 is 4.42 Å². The van der Waals surface area contributed by atoms with Gasteiger partial charge < -0.3 is 10.2 Å². The fourth-order valence-corrected chi connectivity index (χ4v) is 1.30. The third kappa shape index (κ3) is 2.80. The van der Waals surface area contributed by atoms with Crippen molar-refractivity contribution in [2.45, 2.75) is 18.1 Å². The van der Waals surface area contributed by atoms with Gasteiger partial charge in [-0.3, -0.25) is 0 Å². The molecular weight excluding hydrogens is 176 g/mol. The lowest BCUT2D eigenvalue weighted by Crippen LogP contribution is -1.81. The molecule has 0 aromatic carbocycles. The predicted molar refractivity (Wildman–Crippen MR) is 44.3 cm³/mol. The predicted octanol–water partition coefficient (Wildman–Crippen LogP) is 1.05. The Morgan fingerprint density at radius 1 is 1.58 bits per heavy atom. The Balaban J connectivity index is 2.21. The maximum absolute atomic E-state index is 8.24. The summed E-state index contributed by atoms with van der Waals surface area (Å²) in [6.07, 6.45) is 1.38. The molecule has 0 amide bonds. The van der Waals surface area contributed by atoms with E-state index in [0.717, 1.165) is 12.2 Å². The van der Waals surface area contributed by atoms with Gasteiger partial charge >= 0.3 is 6.01 Å². The summed E-state index contributed by atoms with van der Waals surface area (Å²) in [7, 11) is 0. The van der Waals surface area contributed by atoms with Crippen molar-refractivity contribution in [3.8, 4) is 6.07 Å². The lowest BCUT2D eigenvalue weighted by Gasteiger charge is -1.90. The van der Waals surface area contributed by atoms with Crippen molar-refractivity contribution in [3.63, 3.8) is 0 Å². The fourth-order valence-electron chi connectivity index (χ4n) is 0.589. The number of nitrogens with two attached hydrogens (primary N) is 1. The van der Waals surface area contributed by atoms with Gasteiger partial charge in [0.1, 0.15) is 0 Å². The molecule has 0 atom stereocenters. The van der Waals surface area contributed by atoms with Crippen LogP contribution in [-0.2, 0) is 0 Å². The van der Waals surface area contributed by atoms with Gasteiger partial charge in [0.15, 0.2) is 0 Å². The van der Waals surface area contributed by atoms with Crippen LogP contribution in [0.3, 0.4) is 0 Å². The van der Waals surface area contributed by atoms with E-state index in [1.807, 2.05) is 0 Å². The lowest BCUT2D eigenvalue weighted by atomic mass is 10.4. The number of hydrogen-bond acceptors (Lipinski definition) is 6. The quantitative estimate of drug-likeness (QED) is 0.555. The minimum absolute atomic E-state index is 0.0813. The van der Waals surface area contributed by atoms with Gasteiger partial charge in [0, 0.05) is 12.2 Å². The molecule has 0 saturated heterocycles. The third-order valence-corrected chi connectivity index (χ3v) is 1.99. The third-order valence-electron chi connectivity index (χ3n) is 1.08. The zero-order chi connectivity index (χ0) is 8.81. The van der Waals surface area contributed by atoms with Crippen LogP contribution in [0.15, 0.2) is 9.64 Å². The van der Waals surface area contributed by atoms with Gasteiger partial charge in [-0.05, 0) is 6.42 Å². The van der Waals surface area contributed by atoms with Crippen LogP contribution in [0.4, 0.5) is 6.01 Å². The molecule has 0 aliphatic carbocycles. The second-order valence-electron chi connectivity index (χ2n) is 2.02. The molecule has 1 rings (SSSR count). The molecule has 0 unspecified atom stereocenters. The van der Waals surface area contributed by atoms with Crippen molar-refractivity contribution >= 4 is 17.8 Å². The summed E-state index contributed by atoms with van der Waals surface area (Å²) in [6.45, 7) is 0. The summed E-state index contributed by atoms with van der Waals surface area (Å²) in [6, 6.07) is 2.14. The number of nitrogens with zero attached hydrogens (tertiary/aromatic N) is 3. The summed E-state index contributed by atoms with van der Waals surface area (Å²) in [5, 5.41) is 15.8. The van der Waals surface area contributed by atoms with Crippen LogP contribution in [0.5, 0.6) is 0 Å². The Morgan fingerprint density at radius 3 is 3.00 bits per heavy atom. The van der Waals surface area contributed by atoms with E-state index in [-0.39, 0.29) is 6.01 Å². The number of rotatable bonds is 4. The van der Waals surface area contributed by atoms with Gasteiger partial charge in [-0.25, -0.2) is 0 Å². The normalized spacial score (nSPS) is 9.58. The smallest absolute Gasteiger partial charge is 0.313 e. The van der Waals surface area contributed by atoms with Gasteiger partial charge in [0.05, 0.1) is 6.07 Å². The van der Waals surface area contributed by atoms with E-state index in [1.54, 1.807) is 0 Å². The summed E-state index contributed by atoms with van der Waals surface area (Å²) in [5.74, 6) is 0.801. The molecule has 1 aromatic heterocycles. The van der Waals surface area contributed by atoms with Crippen LogP contribution in [0, 0.1) is 11.3 Å². The lowest BCUT2D eigenvalue weighted by molar-refractivity contribution is 0.470. The van der Waals surface area contributed by atoms with Crippen molar-refractivity contribution in [1.82, 2.24) is 10.2 Å². The molecule has 1 heterocycles. The van der Waals surface area contributed by atoms with Crippen molar-refractivity contribution in [3.05, 3.63) is 0 Å². The highest BCUT2D eigenvalue weighted by molar-refractivity contribution is 7.99. The Hall–Kier alpha value is -1.22. The number of hydrogen-bond donors (Lipinski definition) is 1. The molecule has 2 N–H and O–H groups in total. The number of nitrogen functional groups attached to an aromatic ring is 1. The summed E-state index contributed by atoms with van der Waals surface area (Å²) >= 11 is 1.41.